The van der Waals surface area contributed by atoms with Crippen molar-refractivity contribution in [3.63, 3.8) is 0 Å². The van der Waals surface area contributed by atoms with Crippen LogP contribution in [0.5, 0.6) is 11.5 Å². The molecule has 0 bridgehead atoms. The average Bonchev–Trinajstić information content (AvgIpc) is 2.82. The SMILES string of the molecule is Cc1ccc(OP(=O)(OCl)Oc2ccc(C)cc2C2CCCCC2)c(C2CCCCC2)c1. The van der Waals surface area contributed by atoms with Gasteiger partial charge in [0.1, 0.15) is 11.5 Å². The summed E-state index contributed by atoms with van der Waals surface area (Å²) in [6.45, 7) is 4.12. The molecule has 0 spiro atoms. The highest BCUT2D eigenvalue weighted by Gasteiger charge is 2.35. The van der Waals surface area contributed by atoms with Crippen LogP contribution in [0.3, 0.4) is 0 Å². The number of phosphoric ester groups is 1. The molecule has 0 aromatic heterocycles. The number of halogens is 1. The zero-order chi connectivity index (χ0) is 22.6. The topological polar surface area (TPSA) is 44.8 Å². The van der Waals surface area contributed by atoms with Crippen LogP contribution in [-0.4, -0.2) is 0 Å². The summed E-state index contributed by atoms with van der Waals surface area (Å²) < 4.78 is 30.3. The molecule has 2 aromatic rings. The number of hydrogen-bond donors (Lipinski definition) is 0. The average molecular weight is 477 g/mol. The quantitative estimate of drug-likeness (QED) is 0.373. The van der Waals surface area contributed by atoms with Crippen molar-refractivity contribution in [3.05, 3.63) is 58.7 Å². The van der Waals surface area contributed by atoms with E-state index in [-0.39, 0.29) is 0 Å². The molecule has 4 rings (SSSR count). The van der Waals surface area contributed by atoms with Crippen molar-refractivity contribution in [3.8, 4) is 11.5 Å². The van der Waals surface area contributed by atoms with Gasteiger partial charge in [0.25, 0.3) is 0 Å². The second-order valence-corrected chi connectivity index (χ2v) is 11.3. The van der Waals surface area contributed by atoms with Gasteiger partial charge in [0, 0.05) is 0 Å². The third-order valence-corrected chi connectivity index (χ3v) is 8.44. The van der Waals surface area contributed by atoms with Crippen LogP contribution in [0.15, 0.2) is 36.4 Å². The Morgan fingerprint density at radius 1 is 0.719 bits per heavy atom. The summed E-state index contributed by atoms with van der Waals surface area (Å²) in [4.78, 5) is 0. The molecule has 32 heavy (non-hydrogen) atoms. The van der Waals surface area contributed by atoms with E-state index in [1.54, 1.807) is 0 Å². The number of hydrogen-bond acceptors (Lipinski definition) is 4. The van der Waals surface area contributed by atoms with Gasteiger partial charge in [0.2, 0.25) is 0 Å². The minimum Gasteiger partial charge on any atom is -0.394 e. The van der Waals surface area contributed by atoms with E-state index in [1.807, 2.05) is 24.3 Å². The second-order valence-electron chi connectivity index (χ2n) is 9.45. The van der Waals surface area contributed by atoms with Gasteiger partial charge in [-0.3, -0.25) is 0 Å². The van der Waals surface area contributed by atoms with Gasteiger partial charge in [0.15, 0.2) is 0 Å². The Labute approximate surface area is 197 Å². The Kier molecular flexibility index (Phi) is 7.87. The highest BCUT2D eigenvalue weighted by atomic mass is 35.5. The Morgan fingerprint density at radius 3 is 1.50 bits per heavy atom. The van der Waals surface area contributed by atoms with Gasteiger partial charge >= 0.3 is 7.82 Å². The molecule has 0 N–H and O–H groups in total. The maximum atomic E-state index is 13.6. The molecule has 174 valence electrons. The summed E-state index contributed by atoms with van der Waals surface area (Å²) in [5.74, 6) is 1.86. The minimum atomic E-state index is -4.06. The van der Waals surface area contributed by atoms with Crippen LogP contribution in [0.25, 0.3) is 0 Å². The molecule has 2 saturated carbocycles. The summed E-state index contributed by atoms with van der Waals surface area (Å²) >= 11 is 5.73. The Bertz CT molecular complexity index is 891. The van der Waals surface area contributed by atoms with Crippen LogP contribution in [0.4, 0.5) is 0 Å². The third-order valence-electron chi connectivity index (χ3n) is 6.93. The molecule has 0 unspecified atom stereocenters. The number of phosphoric acid groups is 1. The molecular formula is C26H34ClO4P. The molecule has 2 aliphatic rings. The van der Waals surface area contributed by atoms with Crippen molar-refractivity contribution in [1.82, 2.24) is 0 Å². The number of aryl methyl sites for hydroxylation is 2. The number of benzene rings is 2. The predicted molar refractivity (Wildman–Crippen MR) is 130 cm³/mol. The van der Waals surface area contributed by atoms with Gasteiger partial charge in [0.05, 0.1) is 11.9 Å². The molecule has 2 fully saturated rings. The first-order valence-electron chi connectivity index (χ1n) is 12.0. The zero-order valence-electron chi connectivity index (χ0n) is 19.1. The predicted octanol–water partition coefficient (Wildman–Crippen LogP) is 9.14. The lowest BCUT2D eigenvalue weighted by atomic mass is 9.83. The lowest BCUT2D eigenvalue weighted by molar-refractivity contribution is 0.301. The van der Waals surface area contributed by atoms with Crippen LogP contribution in [0.2, 0.25) is 0 Å². The van der Waals surface area contributed by atoms with E-state index in [0.717, 1.165) is 47.9 Å². The van der Waals surface area contributed by atoms with Crippen LogP contribution in [0.1, 0.15) is 98.3 Å². The van der Waals surface area contributed by atoms with E-state index < -0.39 is 7.82 Å². The van der Waals surface area contributed by atoms with Crippen molar-refractivity contribution >= 4 is 19.7 Å². The Hall–Kier alpha value is -1.48. The smallest absolute Gasteiger partial charge is 0.394 e. The maximum Gasteiger partial charge on any atom is 0.604 e. The highest BCUT2D eigenvalue weighted by Crippen LogP contribution is 2.54. The van der Waals surface area contributed by atoms with Gasteiger partial charge in [-0.25, -0.2) is 4.57 Å². The van der Waals surface area contributed by atoms with Gasteiger partial charge in [-0.1, -0.05) is 73.9 Å². The molecule has 0 saturated heterocycles. The van der Waals surface area contributed by atoms with Crippen LogP contribution >= 0.6 is 19.7 Å². The van der Waals surface area contributed by atoms with Crippen LogP contribution in [-0.2, 0) is 8.64 Å². The molecule has 0 atom stereocenters. The van der Waals surface area contributed by atoms with Crippen LogP contribution in [0, 0.1) is 13.8 Å². The molecule has 4 nitrogen and oxygen atoms in total. The van der Waals surface area contributed by atoms with Gasteiger partial charge in [-0.05, 0) is 74.6 Å². The molecular weight excluding hydrogens is 443 g/mol. The summed E-state index contributed by atoms with van der Waals surface area (Å²) in [5.41, 5.74) is 4.44. The summed E-state index contributed by atoms with van der Waals surface area (Å²) in [5, 5.41) is 0. The minimum absolute atomic E-state index is 0.389. The van der Waals surface area contributed by atoms with E-state index in [2.05, 4.69) is 26.0 Å². The van der Waals surface area contributed by atoms with E-state index in [9.17, 15) is 4.57 Å². The fourth-order valence-corrected chi connectivity index (χ4v) is 6.33. The molecule has 2 aliphatic carbocycles. The van der Waals surface area contributed by atoms with Gasteiger partial charge in [-0.2, -0.15) is 4.08 Å². The van der Waals surface area contributed by atoms with Crippen molar-refractivity contribution < 1.29 is 17.7 Å². The molecule has 2 aromatic carbocycles. The molecule has 6 heteroatoms. The van der Waals surface area contributed by atoms with Crippen LogP contribution < -0.4 is 9.05 Å². The first-order chi connectivity index (χ1) is 15.5. The first-order valence-corrected chi connectivity index (χ1v) is 13.7. The fourth-order valence-electron chi connectivity index (χ4n) is 5.25. The van der Waals surface area contributed by atoms with Crippen molar-refractivity contribution in [1.29, 1.82) is 0 Å². The summed E-state index contributed by atoms with van der Waals surface area (Å²) in [7, 11) is -4.06. The van der Waals surface area contributed by atoms with Gasteiger partial charge in [-0.15, -0.1) is 0 Å². The molecule has 0 aliphatic heterocycles. The highest BCUT2D eigenvalue weighted by molar-refractivity contribution is 7.50. The standard InChI is InChI=1S/C26H34ClO4P/c1-19-13-15-25(23(17-19)21-9-5-3-6-10-21)29-32(28,31-27)30-26-16-14-20(2)18-24(26)22-11-7-4-8-12-22/h13-18,21-22H,3-12H2,1-2H3. The lowest BCUT2D eigenvalue weighted by Crippen LogP contribution is -2.10. The monoisotopic (exact) mass is 476 g/mol. The Morgan fingerprint density at radius 2 is 1.12 bits per heavy atom. The van der Waals surface area contributed by atoms with E-state index in [1.165, 1.54) is 38.5 Å². The van der Waals surface area contributed by atoms with Crippen molar-refractivity contribution in [2.45, 2.75) is 89.9 Å². The summed E-state index contributed by atoms with van der Waals surface area (Å²) in [6, 6.07) is 11.9. The third kappa shape index (κ3) is 5.71. The second kappa shape index (κ2) is 10.6. The van der Waals surface area contributed by atoms with Gasteiger partial charge < -0.3 is 9.05 Å². The lowest BCUT2D eigenvalue weighted by Gasteiger charge is -2.27. The number of rotatable bonds is 7. The van der Waals surface area contributed by atoms with Crippen molar-refractivity contribution in [2.24, 2.45) is 0 Å². The Balaban J connectivity index is 1.61. The first kappa shape index (κ1) is 23.7. The molecule has 0 radical (unpaired) electrons. The van der Waals surface area contributed by atoms with E-state index >= 15 is 0 Å². The zero-order valence-corrected chi connectivity index (χ0v) is 20.8. The molecule has 0 amide bonds. The fraction of sp³-hybridized carbons (Fsp3) is 0.538. The normalized spacial score (nSPS) is 18.5. The molecule has 0 heterocycles. The van der Waals surface area contributed by atoms with Crippen molar-refractivity contribution in [2.75, 3.05) is 0 Å². The maximum absolute atomic E-state index is 13.6. The summed E-state index contributed by atoms with van der Waals surface area (Å²) in [6.07, 6.45) is 11.8. The largest absolute Gasteiger partial charge is 0.604 e. The van der Waals surface area contributed by atoms with E-state index in [4.69, 9.17) is 25.0 Å². The van der Waals surface area contributed by atoms with E-state index in [0.29, 0.717) is 23.3 Å².